The average Bonchev–Trinajstić information content (AvgIpc) is 2.17. The zero-order chi connectivity index (χ0) is 11.7. The van der Waals surface area contributed by atoms with Crippen LogP contribution in [-0.4, -0.2) is 18.5 Å². The van der Waals surface area contributed by atoms with E-state index >= 15 is 0 Å². The van der Waals surface area contributed by atoms with E-state index in [1.807, 2.05) is 0 Å². The van der Waals surface area contributed by atoms with Gasteiger partial charge >= 0.3 is 5.97 Å². The van der Waals surface area contributed by atoms with Crippen LogP contribution in [0, 0.1) is 11.8 Å². The maximum atomic E-state index is 10.7. The van der Waals surface area contributed by atoms with E-state index in [1.54, 1.807) is 0 Å². The van der Waals surface area contributed by atoms with Crippen LogP contribution in [0.3, 0.4) is 0 Å². The van der Waals surface area contributed by atoms with Crippen molar-refractivity contribution in [1.29, 1.82) is 0 Å². The van der Waals surface area contributed by atoms with Gasteiger partial charge in [0.2, 0.25) is 0 Å². The third kappa shape index (κ3) is 10.1. The monoisotopic (exact) mass is 234 g/mol. The fraction of sp³-hybridized carbons (Fsp3) is 0.917. The Morgan fingerprint density at radius 2 is 1.87 bits per heavy atom. The molecule has 15 heavy (non-hydrogen) atoms. The summed E-state index contributed by atoms with van der Waals surface area (Å²) in [6.07, 6.45) is 4.71. The molecule has 90 valence electrons. The minimum atomic E-state index is -0.314. The lowest BCUT2D eigenvalue weighted by molar-refractivity contribution is -0.140. The Bertz CT molecular complexity index is 169. The lowest BCUT2D eigenvalue weighted by Gasteiger charge is -2.12. The molecule has 3 heteroatoms. The molecular weight excluding hydrogens is 212 g/mol. The number of halogens is 1. The van der Waals surface area contributed by atoms with Crippen molar-refractivity contribution in [3.05, 3.63) is 0 Å². The molecule has 0 fully saturated rings. The summed E-state index contributed by atoms with van der Waals surface area (Å²) < 4.78 is 4.92. The van der Waals surface area contributed by atoms with Crippen molar-refractivity contribution >= 4 is 17.6 Å². The lowest BCUT2D eigenvalue weighted by atomic mass is 9.98. The van der Waals surface area contributed by atoms with Crippen molar-refractivity contribution in [2.24, 2.45) is 11.8 Å². The van der Waals surface area contributed by atoms with Crippen LogP contribution in [0.15, 0.2) is 0 Å². The number of carbonyl (C=O) groups excluding carboxylic acids is 1. The summed E-state index contributed by atoms with van der Waals surface area (Å²) in [5.74, 6) is 1.06. The van der Waals surface area contributed by atoms with E-state index in [9.17, 15) is 4.79 Å². The van der Waals surface area contributed by atoms with Gasteiger partial charge in [0, 0.05) is 0 Å². The number of esters is 1. The molecule has 0 aromatic heterocycles. The molecule has 1 atom stereocenters. The molecule has 0 heterocycles. The zero-order valence-corrected chi connectivity index (χ0v) is 10.8. The van der Waals surface area contributed by atoms with Crippen LogP contribution in [0.5, 0.6) is 0 Å². The van der Waals surface area contributed by atoms with Crippen molar-refractivity contribution in [3.63, 3.8) is 0 Å². The van der Waals surface area contributed by atoms with Gasteiger partial charge in [0.05, 0.1) is 6.61 Å². The maximum absolute atomic E-state index is 10.7. The van der Waals surface area contributed by atoms with Crippen LogP contribution in [-0.2, 0) is 9.53 Å². The zero-order valence-electron chi connectivity index (χ0n) is 10.1. The Labute approximate surface area is 98.3 Å². The number of ether oxygens (including phenoxy) is 1. The van der Waals surface area contributed by atoms with Gasteiger partial charge in [-0.3, -0.25) is 4.79 Å². The maximum Gasteiger partial charge on any atom is 0.320 e. The van der Waals surface area contributed by atoms with Crippen molar-refractivity contribution in [3.8, 4) is 0 Å². The minimum absolute atomic E-state index is 0.0400. The smallest absolute Gasteiger partial charge is 0.320 e. The van der Waals surface area contributed by atoms with Crippen molar-refractivity contribution < 1.29 is 9.53 Å². The van der Waals surface area contributed by atoms with Gasteiger partial charge < -0.3 is 4.74 Å². The molecule has 0 aliphatic heterocycles. The Morgan fingerprint density at radius 3 is 2.40 bits per heavy atom. The highest BCUT2D eigenvalue weighted by Gasteiger charge is 2.05. The average molecular weight is 235 g/mol. The molecule has 0 rings (SSSR count). The second-order valence-electron chi connectivity index (χ2n) is 4.57. The topological polar surface area (TPSA) is 26.3 Å². The molecule has 0 bridgehead atoms. The van der Waals surface area contributed by atoms with Crippen LogP contribution in [0.25, 0.3) is 0 Å². The predicted molar refractivity (Wildman–Crippen MR) is 64.1 cm³/mol. The Balaban J connectivity index is 3.33. The van der Waals surface area contributed by atoms with Crippen LogP contribution in [0.2, 0.25) is 0 Å². The Hall–Kier alpha value is -0.240. The Morgan fingerprint density at radius 1 is 1.20 bits per heavy atom. The predicted octanol–water partition coefficient (Wildman–Crippen LogP) is 3.62. The first kappa shape index (κ1) is 14.8. The Kier molecular flexibility index (Phi) is 8.88. The summed E-state index contributed by atoms with van der Waals surface area (Å²) >= 11 is 5.31. The lowest BCUT2D eigenvalue weighted by Crippen LogP contribution is -2.09. The SMILES string of the molecule is CC(C)CCCC(C)CCOC(=O)CCl. The second-order valence-corrected chi connectivity index (χ2v) is 4.84. The summed E-state index contributed by atoms with van der Waals surface area (Å²) in [7, 11) is 0. The van der Waals surface area contributed by atoms with E-state index < -0.39 is 0 Å². The van der Waals surface area contributed by atoms with Gasteiger partial charge in [-0.1, -0.05) is 40.0 Å². The quantitative estimate of drug-likeness (QED) is 0.474. The van der Waals surface area contributed by atoms with Crippen LogP contribution in [0.4, 0.5) is 0 Å². The number of rotatable bonds is 8. The molecule has 0 radical (unpaired) electrons. The molecule has 0 saturated carbocycles. The molecule has 0 aromatic carbocycles. The first-order valence-electron chi connectivity index (χ1n) is 5.77. The van der Waals surface area contributed by atoms with Gasteiger partial charge in [0.1, 0.15) is 5.88 Å². The third-order valence-corrected chi connectivity index (χ3v) is 2.68. The molecule has 0 saturated heterocycles. The van der Waals surface area contributed by atoms with Gasteiger partial charge in [-0.05, 0) is 18.3 Å². The number of hydrogen-bond donors (Lipinski definition) is 0. The van der Waals surface area contributed by atoms with Crippen molar-refractivity contribution in [2.45, 2.75) is 46.5 Å². The van der Waals surface area contributed by atoms with Gasteiger partial charge in [0.15, 0.2) is 0 Å². The minimum Gasteiger partial charge on any atom is -0.465 e. The van der Waals surface area contributed by atoms with E-state index in [1.165, 1.54) is 19.3 Å². The largest absolute Gasteiger partial charge is 0.465 e. The van der Waals surface area contributed by atoms with Crippen LogP contribution in [0.1, 0.15) is 46.5 Å². The van der Waals surface area contributed by atoms with Gasteiger partial charge in [-0.2, -0.15) is 0 Å². The second kappa shape index (κ2) is 9.02. The van der Waals surface area contributed by atoms with E-state index in [-0.39, 0.29) is 11.8 Å². The molecule has 0 aliphatic rings. The molecule has 0 N–H and O–H groups in total. The first-order chi connectivity index (χ1) is 7.06. The number of hydrogen-bond acceptors (Lipinski definition) is 2. The summed E-state index contributed by atoms with van der Waals surface area (Å²) in [6.45, 7) is 7.20. The molecular formula is C12H23ClO2. The summed E-state index contributed by atoms with van der Waals surface area (Å²) in [4.78, 5) is 10.7. The van der Waals surface area contributed by atoms with Crippen molar-refractivity contribution in [2.75, 3.05) is 12.5 Å². The van der Waals surface area contributed by atoms with Crippen LogP contribution < -0.4 is 0 Å². The van der Waals surface area contributed by atoms with E-state index in [2.05, 4.69) is 20.8 Å². The highest BCUT2D eigenvalue weighted by molar-refractivity contribution is 6.26. The summed E-state index contributed by atoms with van der Waals surface area (Å²) in [5.41, 5.74) is 0. The normalized spacial score (nSPS) is 12.9. The third-order valence-electron chi connectivity index (χ3n) is 2.46. The standard InChI is InChI=1S/C12H23ClO2/c1-10(2)5-4-6-11(3)7-8-15-12(14)9-13/h10-11H,4-9H2,1-3H3. The summed E-state index contributed by atoms with van der Waals surface area (Å²) in [6, 6.07) is 0. The molecule has 0 spiro atoms. The number of alkyl halides is 1. The molecule has 0 amide bonds. The molecule has 1 unspecified atom stereocenters. The fourth-order valence-electron chi connectivity index (χ4n) is 1.43. The molecule has 0 aliphatic carbocycles. The van der Waals surface area contributed by atoms with Gasteiger partial charge in [0.25, 0.3) is 0 Å². The number of carbonyl (C=O) groups is 1. The highest BCUT2D eigenvalue weighted by atomic mass is 35.5. The van der Waals surface area contributed by atoms with E-state index in [4.69, 9.17) is 16.3 Å². The molecule has 0 aromatic rings. The van der Waals surface area contributed by atoms with Gasteiger partial charge in [-0.25, -0.2) is 0 Å². The van der Waals surface area contributed by atoms with E-state index in [0.29, 0.717) is 12.5 Å². The van der Waals surface area contributed by atoms with Crippen LogP contribution >= 0.6 is 11.6 Å². The molecule has 2 nitrogen and oxygen atoms in total. The van der Waals surface area contributed by atoms with Gasteiger partial charge in [-0.15, -0.1) is 11.6 Å². The summed E-state index contributed by atoms with van der Waals surface area (Å²) in [5, 5.41) is 0. The highest BCUT2D eigenvalue weighted by Crippen LogP contribution is 2.15. The first-order valence-corrected chi connectivity index (χ1v) is 6.31. The van der Waals surface area contributed by atoms with E-state index in [0.717, 1.165) is 12.3 Å². The fourth-order valence-corrected chi connectivity index (χ4v) is 1.51. The van der Waals surface area contributed by atoms with Crippen molar-refractivity contribution in [1.82, 2.24) is 0 Å².